The molecule has 2 aromatic carbocycles. The van der Waals surface area contributed by atoms with Crippen LogP contribution < -0.4 is 9.47 Å². The van der Waals surface area contributed by atoms with E-state index in [4.69, 9.17) is 9.47 Å². The van der Waals surface area contributed by atoms with Crippen molar-refractivity contribution >= 4 is 0 Å². The molecule has 0 aliphatic carbocycles. The van der Waals surface area contributed by atoms with Crippen molar-refractivity contribution in [2.45, 2.75) is 117 Å². The maximum Gasteiger partial charge on any atom is 0.119 e. The van der Waals surface area contributed by atoms with Crippen LogP contribution in [0.25, 0.3) is 11.1 Å². The summed E-state index contributed by atoms with van der Waals surface area (Å²) in [6, 6.07) is 17.1. The molecule has 2 nitrogen and oxygen atoms in total. The van der Waals surface area contributed by atoms with E-state index in [9.17, 15) is 0 Å². The van der Waals surface area contributed by atoms with Crippen molar-refractivity contribution in [1.29, 1.82) is 0 Å². The van der Waals surface area contributed by atoms with Gasteiger partial charge in [-0.2, -0.15) is 0 Å². The molecule has 2 atom stereocenters. The molecule has 0 saturated heterocycles. The smallest absolute Gasteiger partial charge is 0.119 e. The lowest BCUT2D eigenvalue weighted by atomic mass is 10.0. The highest BCUT2D eigenvalue weighted by Gasteiger charge is 2.10. The molecule has 2 unspecified atom stereocenters. The summed E-state index contributed by atoms with van der Waals surface area (Å²) in [5, 5.41) is 0. The number of ether oxygens (including phenoxy) is 2. The van der Waals surface area contributed by atoms with Gasteiger partial charge >= 0.3 is 0 Å². The summed E-state index contributed by atoms with van der Waals surface area (Å²) in [6.07, 6.45) is 15.4. The molecule has 2 aromatic rings. The summed E-state index contributed by atoms with van der Waals surface area (Å²) in [4.78, 5) is 0. The minimum atomic E-state index is 0.322. The zero-order valence-corrected chi connectivity index (χ0v) is 21.1. The second kappa shape index (κ2) is 15.8. The van der Waals surface area contributed by atoms with E-state index in [0.717, 1.165) is 37.2 Å². The third-order valence-electron chi connectivity index (χ3n) is 6.32. The molecule has 32 heavy (non-hydrogen) atoms. The van der Waals surface area contributed by atoms with Crippen LogP contribution in [0.2, 0.25) is 0 Å². The van der Waals surface area contributed by atoms with Crippen molar-refractivity contribution in [3.63, 3.8) is 0 Å². The highest BCUT2D eigenvalue weighted by molar-refractivity contribution is 5.64. The summed E-state index contributed by atoms with van der Waals surface area (Å²) in [7, 11) is 0. The van der Waals surface area contributed by atoms with E-state index in [1.807, 2.05) is 0 Å². The van der Waals surface area contributed by atoms with Gasteiger partial charge in [-0.05, 0) is 73.9 Å². The maximum absolute atomic E-state index is 6.24. The molecule has 0 saturated carbocycles. The van der Waals surface area contributed by atoms with Gasteiger partial charge in [-0.25, -0.2) is 0 Å². The van der Waals surface area contributed by atoms with Crippen LogP contribution in [0.15, 0.2) is 48.5 Å². The van der Waals surface area contributed by atoms with E-state index in [1.165, 1.54) is 62.5 Å². The van der Waals surface area contributed by atoms with Gasteiger partial charge in [0, 0.05) is 0 Å². The SMILES string of the molecule is CCCCCCC(CC)Oc1ccc(-c2ccc(OC(CC)CCCCCC)cc2)cc1. The molecule has 0 spiro atoms. The minimum Gasteiger partial charge on any atom is -0.490 e. The van der Waals surface area contributed by atoms with Gasteiger partial charge in [0.2, 0.25) is 0 Å². The molecule has 0 aliphatic heterocycles. The monoisotopic (exact) mass is 438 g/mol. The summed E-state index contributed by atoms with van der Waals surface area (Å²) in [5.74, 6) is 1.95. The van der Waals surface area contributed by atoms with E-state index in [1.54, 1.807) is 0 Å². The van der Waals surface area contributed by atoms with Gasteiger partial charge in [0.25, 0.3) is 0 Å². The third kappa shape index (κ3) is 9.67. The second-order valence-electron chi connectivity index (χ2n) is 9.04. The standard InChI is InChI=1S/C30H46O2/c1-5-9-11-13-15-27(7-3)31-29-21-17-25(18-22-29)26-19-23-30(24-20-26)32-28(8-4)16-14-12-10-6-2/h17-24,27-28H,5-16H2,1-4H3. The predicted octanol–water partition coefficient (Wildman–Crippen LogP) is 9.61. The molecule has 0 heterocycles. The quantitative estimate of drug-likeness (QED) is 0.229. The highest BCUT2D eigenvalue weighted by Crippen LogP contribution is 2.27. The van der Waals surface area contributed by atoms with Crippen LogP contribution in [0, 0.1) is 0 Å². The lowest BCUT2D eigenvalue weighted by Gasteiger charge is -2.18. The summed E-state index contributed by atoms with van der Waals surface area (Å²) in [6.45, 7) is 8.95. The minimum absolute atomic E-state index is 0.322. The van der Waals surface area contributed by atoms with Crippen LogP contribution in [-0.4, -0.2) is 12.2 Å². The van der Waals surface area contributed by atoms with Crippen LogP contribution in [0.4, 0.5) is 0 Å². The Morgan fingerprint density at radius 2 is 0.875 bits per heavy atom. The lowest BCUT2D eigenvalue weighted by molar-refractivity contribution is 0.182. The van der Waals surface area contributed by atoms with Gasteiger partial charge in [0.05, 0.1) is 12.2 Å². The van der Waals surface area contributed by atoms with Crippen LogP contribution in [0.5, 0.6) is 11.5 Å². The summed E-state index contributed by atoms with van der Waals surface area (Å²) in [5.41, 5.74) is 2.43. The van der Waals surface area contributed by atoms with Gasteiger partial charge in [-0.1, -0.05) is 90.5 Å². The first-order valence-corrected chi connectivity index (χ1v) is 13.2. The molecule has 0 aromatic heterocycles. The molecule has 0 radical (unpaired) electrons. The molecular formula is C30H46O2. The van der Waals surface area contributed by atoms with Crippen molar-refractivity contribution in [3.8, 4) is 22.6 Å². The molecule has 0 aliphatic rings. The first-order valence-electron chi connectivity index (χ1n) is 13.2. The van der Waals surface area contributed by atoms with Crippen molar-refractivity contribution in [2.24, 2.45) is 0 Å². The summed E-state index contributed by atoms with van der Waals surface area (Å²) >= 11 is 0. The first kappa shape index (κ1) is 26.3. The number of hydrogen-bond donors (Lipinski definition) is 0. The molecule has 178 valence electrons. The Hall–Kier alpha value is -1.96. The predicted molar refractivity (Wildman–Crippen MR) is 139 cm³/mol. The Morgan fingerprint density at radius 1 is 0.500 bits per heavy atom. The highest BCUT2D eigenvalue weighted by atomic mass is 16.5. The van der Waals surface area contributed by atoms with E-state index < -0.39 is 0 Å². The third-order valence-corrected chi connectivity index (χ3v) is 6.32. The van der Waals surface area contributed by atoms with Crippen LogP contribution in [0.3, 0.4) is 0 Å². The average Bonchev–Trinajstić information content (AvgIpc) is 2.84. The molecule has 2 rings (SSSR count). The molecule has 0 amide bonds. The zero-order valence-electron chi connectivity index (χ0n) is 21.1. The number of unbranched alkanes of at least 4 members (excludes halogenated alkanes) is 6. The number of hydrogen-bond acceptors (Lipinski definition) is 2. The largest absolute Gasteiger partial charge is 0.490 e. The normalized spacial score (nSPS) is 13.0. The lowest BCUT2D eigenvalue weighted by Crippen LogP contribution is -2.15. The fraction of sp³-hybridized carbons (Fsp3) is 0.600. The molecule has 0 bridgehead atoms. The van der Waals surface area contributed by atoms with Crippen molar-refractivity contribution < 1.29 is 9.47 Å². The topological polar surface area (TPSA) is 18.5 Å². The number of rotatable bonds is 17. The van der Waals surface area contributed by atoms with Crippen LogP contribution in [-0.2, 0) is 0 Å². The molecule has 0 N–H and O–H groups in total. The molecule has 0 fully saturated rings. The van der Waals surface area contributed by atoms with Crippen LogP contribution in [0.1, 0.15) is 105 Å². The van der Waals surface area contributed by atoms with Gasteiger partial charge in [-0.3, -0.25) is 0 Å². The Morgan fingerprint density at radius 3 is 1.19 bits per heavy atom. The first-order chi connectivity index (χ1) is 15.7. The van der Waals surface area contributed by atoms with Gasteiger partial charge in [0.15, 0.2) is 0 Å². The average molecular weight is 439 g/mol. The Balaban J connectivity index is 1.86. The van der Waals surface area contributed by atoms with Gasteiger partial charge in [0.1, 0.15) is 11.5 Å². The summed E-state index contributed by atoms with van der Waals surface area (Å²) < 4.78 is 12.5. The fourth-order valence-corrected chi connectivity index (χ4v) is 4.13. The van der Waals surface area contributed by atoms with Crippen LogP contribution >= 0.6 is 0 Å². The number of benzene rings is 2. The zero-order chi connectivity index (χ0) is 23.0. The van der Waals surface area contributed by atoms with Gasteiger partial charge in [-0.15, -0.1) is 0 Å². The Labute approximate surface area is 197 Å². The molecule has 2 heteroatoms. The van der Waals surface area contributed by atoms with E-state index in [2.05, 4.69) is 76.2 Å². The van der Waals surface area contributed by atoms with E-state index >= 15 is 0 Å². The van der Waals surface area contributed by atoms with E-state index in [-0.39, 0.29) is 0 Å². The fourth-order valence-electron chi connectivity index (χ4n) is 4.13. The Bertz CT molecular complexity index is 641. The van der Waals surface area contributed by atoms with Crippen molar-refractivity contribution in [2.75, 3.05) is 0 Å². The van der Waals surface area contributed by atoms with E-state index in [0.29, 0.717) is 12.2 Å². The maximum atomic E-state index is 6.24. The Kier molecular flexibility index (Phi) is 13.0. The molecular weight excluding hydrogens is 392 g/mol. The van der Waals surface area contributed by atoms with Crippen molar-refractivity contribution in [3.05, 3.63) is 48.5 Å². The van der Waals surface area contributed by atoms with Gasteiger partial charge < -0.3 is 9.47 Å². The van der Waals surface area contributed by atoms with Crippen molar-refractivity contribution in [1.82, 2.24) is 0 Å². The second-order valence-corrected chi connectivity index (χ2v) is 9.04.